The van der Waals surface area contributed by atoms with E-state index in [2.05, 4.69) is 39.0 Å². The molecule has 0 saturated carbocycles. The van der Waals surface area contributed by atoms with Gasteiger partial charge in [-0.15, -0.1) is 0 Å². The quantitative estimate of drug-likeness (QED) is 0.659. The highest BCUT2D eigenvalue weighted by Gasteiger charge is 2.33. The van der Waals surface area contributed by atoms with Crippen molar-refractivity contribution in [3.8, 4) is 0 Å². The van der Waals surface area contributed by atoms with E-state index in [9.17, 15) is 4.79 Å². The van der Waals surface area contributed by atoms with Crippen molar-refractivity contribution in [2.75, 3.05) is 29.9 Å². The summed E-state index contributed by atoms with van der Waals surface area (Å²) in [6.07, 6.45) is 3.41. The van der Waals surface area contributed by atoms with Crippen molar-refractivity contribution in [3.05, 3.63) is 54.1 Å². The van der Waals surface area contributed by atoms with Crippen LogP contribution in [-0.4, -0.2) is 51.6 Å². The largest absolute Gasteiger partial charge is 0.353 e. The molecule has 1 atom stereocenters. The van der Waals surface area contributed by atoms with E-state index in [1.54, 1.807) is 12.4 Å². The number of rotatable bonds is 3. The molecule has 150 valence electrons. The van der Waals surface area contributed by atoms with E-state index in [-0.39, 0.29) is 23.3 Å². The van der Waals surface area contributed by atoms with Gasteiger partial charge in [0.05, 0.1) is 17.2 Å². The van der Waals surface area contributed by atoms with Gasteiger partial charge in [0.25, 0.3) is 0 Å². The lowest BCUT2D eigenvalue weighted by atomic mass is 10.00. The minimum atomic E-state index is -0.0968. The number of hydrogen-bond acceptors (Lipinski definition) is 5. The highest BCUT2D eigenvalue weighted by atomic mass is 35.5. The van der Waals surface area contributed by atoms with Gasteiger partial charge in [-0.1, -0.05) is 19.9 Å². The molecule has 8 heteroatoms. The minimum absolute atomic E-state index is 0.0468. The van der Waals surface area contributed by atoms with E-state index in [4.69, 9.17) is 11.6 Å². The average Bonchev–Trinajstić information content (AvgIpc) is 2.73. The molecule has 1 aliphatic heterocycles. The van der Waals surface area contributed by atoms with Gasteiger partial charge < -0.3 is 15.1 Å². The average molecular weight is 411 g/mol. The number of urea groups is 1. The standard InChI is InChI=1S/C21H23ClN6O/c1-14(2)18-13-27(19-8-10-24-20(22)26-19)11-12-28(18)21(29)25-17-7-3-6-16-15(17)5-4-9-23-16/h3-10,14,18H,11-13H2,1-2H3,(H,25,29). The van der Waals surface area contributed by atoms with Crippen molar-refractivity contribution >= 4 is 40.0 Å². The van der Waals surface area contributed by atoms with Crippen LogP contribution < -0.4 is 10.2 Å². The molecule has 7 nitrogen and oxygen atoms in total. The van der Waals surface area contributed by atoms with Crippen LogP contribution in [0.4, 0.5) is 16.3 Å². The Labute approximate surface area is 174 Å². The van der Waals surface area contributed by atoms with Crippen LogP contribution in [0.3, 0.4) is 0 Å². The lowest BCUT2D eigenvalue weighted by Gasteiger charge is -2.43. The molecule has 1 aromatic carbocycles. The van der Waals surface area contributed by atoms with E-state index < -0.39 is 0 Å². The number of aromatic nitrogens is 3. The number of nitrogens with zero attached hydrogens (tertiary/aromatic N) is 5. The molecule has 0 aliphatic carbocycles. The molecule has 29 heavy (non-hydrogen) atoms. The molecule has 1 saturated heterocycles. The van der Waals surface area contributed by atoms with Crippen molar-refractivity contribution in [1.29, 1.82) is 0 Å². The number of carbonyl (C=O) groups is 1. The van der Waals surface area contributed by atoms with Crippen molar-refractivity contribution in [2.24, 2.45) is 5.92 Å². The van der Waals surface area contributed by atoms with Crippen LogP contribution in [0.5, 0.6) is 0 Å². The van der Waals surface area contributed by atoms with Crippen LogP contribution in [0, 0.1) is 5.92 Å². The first-order valence-electron chi connectivity index (χ1n) is 9.68. The number of anilines is 2. The normalized spacial score (nSPS) is 17.0. The van der Waals surface area contributed by atoms with Gasteiger partial charge in [0, 0.05) is 37.4 Å². The third-order valence-corrected chi connectivity index (χ3v) is 5.45. The second-order valence-electron chi connectivity index (χ2n) is 7.44. The number of carbonyl (C=O) groups excluding carboxylic acids is 1. The Kier molecular flexibility index (Phi) is 5.49. The SMILES string of the molecule is CC(C)C1CN(c2ccnc(Cl)n2)CCN1C(=O)Nc1cccc2ncccc12. The van der Waals surface area contributed by atoms with Gasteiger partial charge in [0.1, 0.15) is 5.82 Å². The maximum Gasteiger partial charge on any atom is 0.322 e. The zero-order valence-corrected chi connectivity index (χ0v) is 17.2. The predicted molar refractivity (Wildman–Crippen MR) is 115 cm³/mol. The molecule has 2 aromatic heterocycles. The van der Waals surface area contributed by atoms with E-state index in [0.717, 1.165) is 22.4 Å². The van der Waals surface area contributed by atoms with Crippen molar-refractivity contribution in [1.82, 2.24) is 19.9 Å². The molecular formula is C21H23ClN6O. The van der Waals surface area contributed by atoms with Gasteiger partial charge in [0.15, 0.2) is 0 Å². The summed E-state index contributed by atoms with van der Waals surface area (Å²) in [6.45, 7) is 6.22. The van der Waals surface area contributed by atoms with Crippen molar-refractivity contribution < 1.29 is 4.79 Å². The summed E-state index contributed by atoms with van der Waals surface area (Å²) in [5.74, 6) is 1.07. The molecule has 4 rings (SSSR count). The van der Waals surface area contributed by atoms with E-state index in [1.807, 2.05) is 41.3 Å². The molecule has 0 spiro atoms. The zero-order valence-electron chi connectivity index (χ0n) is 16.4. The van der Waals surface area contributed by atoms with Crippen molar-refractivity contribution in [3.63, 3.8) is 0 Å². The fraction of sp³-hybridized carbons (Fsp3) is 0.333. The Balaban J connectivity index is 1.53. The topological polar surface area (TPSA) is 74.2 Å². The van der Waals surface area contributed by atoms with Crippen LogP contribution in [0.1, 0.15) is 13.8 Å². The minimum Gasteiger partial charge on any atom is -0.353 e. The molecule has 1 fully saturated rings. The first-order chi connectivity index (χ1) is 14.0. The van der Waals surface area contributed by atoms with Gasteiger partial charge in [0.2, 0.25) is 5.28 Å². The summed E-state index contributed by atoms with van der Waals surface area (Å²) < 4.78 is 0. The Hall–Kier alpha value is -2.93. The molecule has 1 N–H and O–H groups in total. The van der Waals surface area contributed by atoms with Gasteiger partial charge in [-0.25, -0.2) is 14.8 Å². The molecule has 3 aromatic rings. The van der Waals surface area contributed by atoms with E-state index >= 15 is 0 Å². The molecule has 0 radical (unpaired) electrons. The number of pyridine rings is 1. The number of fused-ring (bicyclic) bond motifs is 1. The number of amides is 2. The molecular weight excluding hydrogens is 388 g/mol. The number of piperazine rings is 1. The number of benzene rings is 1. The highest BCUT2D eigenvalue weighted by Crippen LogP contribution is 2.25. The zero-order chi connectivity index (χ0) is 20.4. The molecule has 0 bridgehead atoms. The number of hydrogen-bond donors (Lipinski definition) is 1. The Bertz CT molecular complexity index is 1020. The Morgan fingerprint density at radius 2 is 2.00 bits per heavy atom. The molecule has 1 aliphatic rings. The number of halogens is 1. The predicted octanol–water partition coefficient (Wildman–Crippen LogP) is 4.06. The summed E-state index contributed by atoms with van der Waals surface area (Å²) >= 11 is 5.95. The van der Waals surface area contributed by atoms with Gasteiger partial charge in [-0.3, -0.25) is 4.98 Å². The molecule has 3 heterocycles. The van der Waals surface area contributed by atoms with Crippen LogP contribution in [-0.2, 0) is 0 Å². The Morgan fingerprint density at radius 1 is 1.14 bits per heavy atom. The molecule has 2 amide bonds. The van der Waals surface area contributed by atoms with Gasteiger partial charge in [-0.2, -0.15) is 0 Å². The summed E-state index contributed by atoms with van der Waals surface area (Å²) in [5, 5.41) is 4.24. The maximum absolute atomic E-state index is 13.2. The van der Waals surface area contributed by atoms with Crippen LogP contribution >= 0.6 is 11.6 Å². The monoisotopic (exact) mass is 410 g/mol. The molecule has 1 unspecified atom stereocenters. The van der Waals surface area contributed by atoms with Crippen LogP contribution in [0.15, 0.2) is 48.8 Å². The first-order valence-corrected chi connectivity index (χ1v) is 10.1. The maximum atomic E-state index is 13.2. The second-order valence-corrected chi connectivity index (χ2v) is 7.78. The van der Waals surface area contributed by atoms with E-state index in [0.29, 0.717) is 19.6 Å². The Morgan fingerprint density at radius 3 is 2.79 bits per heavy atom. The number of nitrogens with one attached hydrogen (secondary N) is 1. The summed E-state index contributed by atoms with van der Waals surface area (Å²) in [5.41, 5.74) is 1.63. The fourth-order valence-corrected chi connectivity index (χ4v) is 3.89. The van der Waals surface area contributed by atoms with Crippen LogP contribution in [0.2, 0.25) is 5.28 Å². The van der Waals surface area contributed by atoms with Gasteiger partial charge in [-0.05, 0) is 47.9 Å². The third kappa shape index (κ3) is 4.10. The lowest BCUT2D eigenvalue weighted by Crippen LogP contribution is -2.58. The summed E-state index contributed by atoms with van der Waals surface area (Å²) in [6, 6.07) is 11.4. The second kappa shape index (κ2) is 8.21. The van der Waals surface area contributed by atoms with Crippen LogP contribution in [0.25, 0.3) is 10.9 Å². The third-order valence-electron chi connectivity index (χ3n) is 5.27. The summed E-state index contributed by atoms with van der Waals surface area (Å²) in [4.78, 5) is 29.9. The fourth-order valence-electron chi connectivity index (χ4n) is 3.74. The highest BCUT2D eigenvalue weighted by molar-refractivity contribution is 6.28. The van der Waals surface area contributed by atoms with Crippen molar-refractivity contribution in [2.45, 2.75) is 19.9 Å². The van der Waals surface area contributed by atoms with Gasteiger partial charge >= 0.3 is 6.03 Å². The summed E-state index contributed by atoms with van der Waals surface area (Å²) in [7, 11) is 0. The first kappa shape index (κ1) is 19.4. The van der Waals surface area contributed by atoms with E-state index in [1.165, 1.54) is 0 Å². The smallest absolute Gasteiger partial charge is 0.322 e. The lowest BCUT2D eigenvalue weighted by molar-refractivity contribution is 0.156.